The summed E-state index contributed by atoms with van der Waals surface area (Å²) in [5.41, 5.74) is 1.69. The molecule has 0 spiro atoms. The SMILES string of the molecule is CNc1nc(NCc2cncs2)c(F)cc1F. The predicted molar refractivity (Wildman–Crippen MR) is 63.1 cm³/mol. The number of nitrogens with zero attached hydrogens (tertiary/aromatic N) is 2. The molecule has 0 aliphatic rings. The molecule has 0 amide bonds. The lowest BCUT2D eigenvalue weighted by Gasteiger charge is -2.08. The zero-order chi connectivity index (χ0) is 12.3. The Hall–Kier alpha value is -1.76. The van der Waals surface area contributed by atoms with Crippen molar-refractivity contribution in [2.75, 3.05) is 17.7 Å². The van der Waals surface area contributed by atoms with Gasteiger partial charge in [-0.15, -0.1) is 11.3 Å². The van der Waals surface area contributed by atoms with Gasteiger partial charge in [0.25, 0.3) is 0 Å². The van der Waals surface area contributed by atoms with Crippen molar-refractivity contribution < 1.29 is 8.78 Å². The highest BCUT2D eigenvalue weighted by atomic mass is 32.1. The van der Waals surface area contributed by atoms with Crippen LogP contribution in [0.3, 0.4) is 0 Å². The summed E-state index contributed by atoms with van der Waals surface area (Å²) in [7, 11) is 1.52. The molecule has 0 unspecified atom stereocenters. The number of hydrogen-bond acceptors (Lipinski definition) is 5. The van der Waals surface area contributed by atoms with Gasteiger partial charge >= 0.3 is 0 Å². The van der Waals surface area contributed by atoms with Gasteiger partial charge in [0.15, 0.2) is 23.3 Å². The number of pyridine rings is 1. The van der Waals surface area contributed by atoms with E-state index in [9.17, 15) is 8.78 Å². The molecule has 0 aliphatic heterocycles. The smallest absolute Gasteiger partial charge is 0.168 e. The second-order valence-corrected chi connectivity index (χ2v) is 4.19. The molecule has 0 fully saturated rings. The fraction of sp³-hybridized carbons (Fsp3) is 0.200. The van der Waals surface area contributed by atoms with Crippen LogP contribution in [0.1, 0.15) is 4.88 Å². The van der Waals surface area contributed by atoms with E-state index >= 15 is 0 Å². The van der Waals surface area contributed by atoms with Crippen LogP contribution in [-0.2, 0) is 6.54 Å². The second kappa shape index (κ2) is 5.05. The van der Waals surface area contributed by atoms with Crippen molar-refractivity contribution in [2.24, 2.45) is 0 Å². The van der Waals surface area contributed by atoms with Crippen molar-refractivity contribution in [3.05, 3.63) is 34.3 Å². The largest absolute Gasteiger partial charge is 0.371 e. The molecule has 0 saturated carbocycles. The third-order valence-electron chi connectivity index (χ3n) is 2.08. The summed E-state index contributed by atoms with van der Waals surface area (Å²) in [6.45, 7) is 0.406. The molecule has 0 atom stereocenters. The Kier molecular flexibility index (Phi) is 3.48. The molecule has 0 saturated heterocycles. The van der Waals surface area contributed by atoms with Gasteiger partial charge < -0.3 is 10.6 Å². The van der Waals surface area contributed by atoms with Gasteiger partial charge in [-0.25, -0.2) is 13.8 Å². The van der Waals surface area contributed by atoms with Gasteiger partial charge in [0.2, 0.25) is 0 Å². The van der Waals surface area contributed by atoms with E-state index in [-0.39, 0.29) is 11.6 Å². The van der Waals surface area contributed by atoms with E-state index in [1.165, 1.54) is 18.4 Å². The molecule has 0 bridgehead atoms. The van der Waals surface area contributed by atoms with Crippen LogP contribution in [0, 0.1) is 11.6 Å². The molecule has 0 aromatic carbocycles. The molecule has 0 aliphatic carbocycles. The summed E-state index contributed by atoms with van der Waals surface area (Å²) in [6, 6.07) is 0.799. The lowest BCUT2D eigenvalue weighted by molar-refractivity contribution is 0.578. The topological polar surface area (TPSA) is 49.8 Å². The fourth-order valence-electron chi connectivity index (χ4n) is 1.27. The average molecular weight is 256 g/mol. The minimum Gasteiger partial charge on any atom is -0.371 e. The highest BCUT2D eigenvalue weighted by Crippen LogP contribution is 2.19. The number of nitrogens with one attached hydrogen (secondary N) is 2. The first-order valence-corrected chi connectivity index (χ1v) is 5.73. The van der Waals surface area contributed by atoms with Gasteiger partial charge in [0.05, 0.1) is 12.1 Å². The first kappa shape index (κ1) is 11.7. The summed E-state index contributed by atoms with van der Waals surface area (Å²) < 4.78 is 26.5. The van der Waals surface area contributed by atoms with E-state index in [0.717, 1.165) is 10.9 Å². The molecular formula is C10H10F2N4S. The van der Waals surface area contributed by atoms with Crippen molar-refractivity contribution in [1.82, 2.24) is 9.97 Å². The quantitative estimate of drug-likeness (QED) is 0.882. The highest BCUT2D eigenvalue weighted by molar-refractivity contribution is 7.09. The van der Waals surface area contributed by atoms with Crippen LogP contribution in [0.5, 0.6) is 0 Å². The van der Waals surface area contributed by atoms with Crippen molar-refractivity contribution in [3.8, 4) is 0 Å². The maximum absolute atomic E-state index is 13.4. The zero-order valence-electron chi connectivity index (χ0n) is 9.00. The number of thiazole rings is 1. The number of rotatable bonds is 4. The Morgan fingerprint density at radius 1 is 1.29 bits per heavy atom. The van der Waals surface area contributed by atoms with E-state index in [2.05, 4.69) is 20.6 Å². The monoisotopic (exact) mass is 256 g/mol. The van der Waals surface area contributed by atoms with E-state index < -0.39 is 11.6 Å². The van der Waals surface area contributed by atoms with E-state index in [0.29, 0.717) is 6.54 Å². The Labute approximate surface area is 101 Å². The Morgan fingerprint density at radius 2 is 2.06 bits per heavy atom. The van der Waals surface area contributed by atoms with Crippen molar-refractivity contribution >= 4 is 23.0 Å². The molecule has 90 valence electrons. The van der Waals surface area contributed by atoms with Crippen molar-refractivity contribution in [1.29, 1.82) is 0 Å². The first-order valence-electron chi connectivity index (χ1n) is 4.85. The van der Waals surface area contributed by atoms with Crippen LogP contribution in [0.15, 0.2) is 17.8 Å². The summed E-state index contributed by atoms with van der Waals surface area (Å²) in [6.07, 6.45) is 1.68. The number of halogens is 2. The maximum Gasteiger partial charge on any atom is 0.168 e. The molecule has 2 heterocycles. The van der Waals surface area contributed by atoms with Gasteiger partial charge in [-0.2, -0.15) is 0 Å². The highest BCUT2D eigenvalue weighted by Gasteiger charge is 2.10. The lowest BCUT2D eigenvalue weighted by Crippen LogP contribution is -2.06. The normalized spacial score (nSPS) is 10.3. The van der Waals surface area contributed by atoms with Gasteiger partial charge in [-0.1, -0.05) is 0 Å². The zero-order valence-corrected chi connectivity index (χ0v) is 9.81. The van der Waals surface area contributed by atoms with Crippen LogP contribution in [-0.4, -0.2) is 17.0 Å². The molecule has 7 heteroatoms. The van der Waals surface area contributed by atoms with Crippen molar-refractivity contribution in [3.63, 3.8) is 0 Å². The van der Waals surface area contributed by atoms with Gasteiger partial charge in [-0.05, 0) is 0 Å². The minimum absolute atomic E-state index is 0.0122. The Bertz CT molecular complexity index is 501. The van der Waals surface area contributed by atoms with E-state index in [1.54, 1.807) is 11.7 Å². The summed E-state index contributed by atoms with van der Waals surface area (Å²) in [5.74, 6) is -1.40. The van der Waals surface area contributed by atoms with Gasteiger partial charge in [-0.3, -0.25) is 4.98 Å². The lowest BCUT2D eigenvalue weighted by atomic mass is 10.4. The first-order chi connectivity index (χ1) is 8.20. The van der Waals surface area contributed by atoms with Crippen LogP contribution in [0.4, 0.5) is 20.4 Å². The fourth-order valence-corrected chi connectivity index (χ4v) is 1.80. The standard InChI is InChI=1S/C10H10F2N4S/c1-13-9-7(11)2-8(12)10(16-9)15-4-6-3-14-5-17-6/h2-3,5H,4H2,1H3,(H2,13,15,16). The average Bonchev–Trinajstić information content (AvgIpc) is 2.81. The maximum atomic E-state index is 13.4. The third-order valence-corrected chi connectivity index (χ3v) is 2.86. The summed E-state index contributed by atoms with van der Waals surface area (Å²) >= 11 is 1.45. The van der Waals surface area contributed by atoms with Gasteiger partial charge in [0.1, 0.15) is 0 Å². The molecule has 2 N–H and O–H groups in total. The van der Waals surface area contributed by atoms with Crippen molar-refractivity contribution in [2.45, 2.75) is 6.54 Å². The van der Waals surface area contributed by atoms with Crippen LogP contribution in [0.25, 0.3) is 0 Å². The Balaban J connectivity index is 2.15. The molecular weight excluding hydrogens is 246 g/mol. The van der Waals surface area contributed by atoms with E-state index in [4.69, 9.17) is 0 Å². The number of aromatic nitrogens is 2. The number of anilines is 2. The molecule has 17 heavy (non-hydrogen) atoms. The summed E-state index contributed by atoms with van der Waals surface area (Å²) in [4.78, 5) is 8.64. The van der Waals surface area contributed by atoms with Gasteiger partial charge in [0, 0.05) is 24.2 Å². The predicted octanol–water partition coefficient (Wildman–Crippen LogP) is 2.47. The molecule has 2 aromatic rings. The second-order valence-electron chi connectivity index (χ2n) is 3.22. The molecule has 0 radical (unpaired) electrons. The third kappa shape index (κ3) is 2.68. The van der Waals surface area contributed by atoms with Crippen LogP contribution >= 0.6 is 11.3 Å². The van der Waals surface area contributed by atoms with Crippen LogP contribution < -0.4 is 10.6 Å². The Morgan fingerprint density at radius 3 is 2.71 bits per heavy atom. The van der Waals surface area contributed by atoms with Crippen LogP contribution in [0.2, 0.25) is 0 Å². The van der Waals surface area contributed by atoms with E-state index in [1.807, 2.05) is 0 Å². The number of hydrogen-bond donors (Lipinski definition) is 2. The minimum atomic E-state index is -0.717. The molecule has 2 rings (SSSR count). The summed E-state index contributed by atoms with van der Waals surface area (Å²) in [5, 5.41) is 5.35. The molecule has 2 aromatic heterocycles. The molecule has 4 nitrogen and oxygen atoms in total.